The Balaban J connectivity index is 0.00000113. The lowest BCUT2D eigenvalue weighted by Crippen LogP contribution is -2.73. The average molecular weight is 368 g/mol. The number of ketones is 1. The Morgan fingerprint density at radius 2 is 2.12 bits per heavy atom. The number of benzene rings is 1. The highest BCUT2D eigenvalue weighted by Gasteiger charge is 2.64. The van der Waals surface area contributed by atoms with Gasteiger partial charge in [-0.15, -0.1) is 19.0 Å². The van der Waals surface area contributed by atoms with Crippen LogP contribution in [0.2, 0.25) is 0 Å². The van der Waals surface area contributed by atoms with Gasteiger partial charge >= 0.3 is 0 Å². The van der Waals surface area contributed by atoms with Crippen LogP contribution in [0.25, 0.3) is 0 Å². The predicted molar refractivity (Wildman–Crippen MR) is 98.3 cm³/mol. The molecule has 6 heteroatoms. The van der Waals surface area contributed by atoms with E-state index in [4.69, 9.17) is 0 Å². The SMILES string of the molecule is C=CCN1CC[C@]23CC(=O)CC[C@@]2(O)[C@H]1Cc1ccc(O)cc13.Cl.O. The Labute approximate surface area is 154 Å². The molecule has 4 rings (SSSR count). The molecular weight excluding hydrogens is 342 g/mol. The van der Waals surface area contributed by atoms with E-state index in [9.17, 15) is 15.0 Å². The number of rotatable bonds is 2. The number of aliphatic hydroxyl groups is 1. The second-order valence-electron chi connectivity index (χ2n) is 7.32. The summed E-state index contributed by atoms with van der Waals surface area (Å²) >= 11 is 0. The quantitative estimate of drug-likeness (QED) is 0.775. The van der Waals surface area contributed by atoms with E-state index >= 15 is 0 Å². The van der Waals surface area contributed by atoms with Crippen LogP contribution < -0.4 is 0 Å². The molecule has 0 spiro atoms. The molecule has 25 heavy (non-hydrogen) atoms. The lowest BCUT2D eigenvalue weighted by Gasteiger charge is -2.63. The summed E-state index contributed by atoms with van der Waals surface area (Å²) in [6, 6.07) is 5.45. The Hall–Kier alpha value is -1.40. The minimum absolute atomic E-state index is 0. The van der Waals surface area contributed by atoms with Crippen LogP contribution in [0.3, 0.4) is 0 Å². The summed E-state index contributed by atoms with van der Waals surface area (Å²) in [7, 11) is 0. The number of fused-ring (bicyclic) bond motifs is 1. The van der Waals surface area contributed by atoms with Gasteiger partial charge < -0.3 is 15.7 Å². The molecule has 1 aromatic carbocycles. The van der Waals surface area contributed by atoms with Crippen molar-refractivity contribution in [2.24, 2.45) is 0 Å². The molecule has 1 aliphatic heterocycles. The number of carbonyl (C=O) groups is 1. The lowest BCUT2D eigenvalue weighted by atomic mass is 9.49. The first-order chi connectivity index (χ1) is 11.0. The predicted octanol–water partition coefficient (Wildman–Crippen LogP) is 1.53. The van der Waals surface area contributed by atoms with Crippen molar-refractivity contribution < 1.29 is 20.5 Å². The highest BCUT2D eigenvalue weighted by atomic mass is 35.5. The van der Waals surface area contributed by atoms with E-state index in [1.165, 1.54) is 0 Å². The Morgan fingerprint density at radius 1 is 1.36 bits per heavy atom. The highest BCUT2D eigenvalue weighted by Crippen LogP contribution is 2.57. The molecule has 3 aliphatic rings. The Kier molecular flexibility index (Phi) is 5.36. The number of piperidine rings is 1. The van der Waals surface area contributed by atoms with Crippen LogP contribution in [0.4, 0.5) is 0 Å². The minimum atomic E-state index is -0.900. The third-order valence-corrected chi connectivity index (χ3v) is 6.32. The highest BCUT2D eigenvalue weighted by molar-refractivity contribution is 5.85. The van der Waals surface area contributed by atoms with Crippen LogP contribution in [0.5, 0.6) is 5.75 Å². The number of hydrogen-bond donors (Lipinski definition) is 2. The van der Waals surface area contributed by atoms with Gasteiger partial charge in [-0.05, 0) is 49.1 Å². The fraction of sp³-hybridized carbons (Fsp3) is 0.526. The fourth-order valence-electron chi connectivity index (χ4n) is 5.27. The van der Waals surface area contributed by atoms with E-state index in [1.807, 2.05) is 12.1 Å². The maximum Gasteiger partial charge on any atom is 0.134 e. The molecule has 0 unspecified atom stereocenters. The maximum atomic E-state index is 12.3. The number of carbonyl (C=O) groups excluding carboxylic acids is 1. The van der Waals surface area contributed by atoms with Crippen LogP contribution in [0.15, 0.2) is 30.9 Å². The van der Waals surface area contributed by atoms with E-state index in [1.54, 1.807) is 12.1 Å². The summed E-state index contributed by atoms with van der Waals surface area (Å²) < 4.78 is 0. The monoisotopic (exact) mass is 367 g/mol. The zero-order valence-electron chi connectivity index (χ0n) is 14.2. The molecule has 0 radical (unpaired) electrons. The van der Waals surface area contributed by atoms with Gasteiger partial charge in [0.1, 0.15) is 11.5 Å². The molecule has 3 atom stereocenters. The second-order valence-corrected chi connectivity index (χ2v) is 7.32. The van der Waals surface area contributed by atoms with Gasteiger partial charge in [0, 0.05) is 30.8 Å². The second kappa shape index (κ2) is 6.72. The van der Waals surface area contributed by atoms with E-state index in [2.05, 4.69) is 11.5 Å². The summed E-state index contributed by atoms with van der Waals surface area (Å²) in [6.45, 7) is 5.45. The number of nitrogens with zero attached hydrogens (tertiary/aromatic N) is 1. The van der Waals surface area contributed by atoms with Gasteiger partial charge in [-0.25, -0.2) is 0 Å². The van der Waals surface area contributed by atoms with Crippen molar-refractivity contribution in [3.05, 3.63) is 42.0 Å². The van der Waals surface area contributed by atoms with Crippen LogP contribution in [0, 0.1) is 0 Å². The molecule has 5 nitrogen and oxygen atoms in total. The molecule has 1 aromatic rings. The summed E-state index contributed by atoms with van der Waals surface area (Å²) in [5, 5.41) is 21.7. The van der Waals surface area contributed by atoms with E-state index < -0.39 is 11.0 Å². The third-order valence-electron chi connectivity index (χ3n) is 6.32. The van der Waals surface area contributed by atoms with Crippen molar-refractivity contribution in [1.29, 1.82) is 0 Å². The number of hydrogen-bond acceptors (Lipinski definition) is 4. The van der Waals surface area contributed by atoms with Crippen molar-refractivity contribution in [3.63, 3.8) is 0 Å². The standard InChI is InChI=1S/C19H23NO3.ClH.H2O/c1-2-8-20-9-7-18-12-15(22)5-6-19(18,23)17(20)10-13-3-4-14(21)11-16(13)18;;/h2-4,11,17,21,23H,1,5-10,12H2;1H;1H2/t17-,18-,19-;;/m1../s1. The van der Waals surface area contributed by atoms with E-state index in [0.29, 0.717) is 19.3 Å². The van der Waals surface area contributed by atoms with E-state index in [0.717, 1.165) is 37.1 Å². The van der Waals surface area contributed by atoms with Crippen molar-refractivity contribution in [2.75, 3.05) is 13.1 Å². The van der Waals surface area contributed by atoms with Crippen molar-refractivity contribution in [2.45, 2.75) is 49.2 Å². The molecule has 2 aliphatic carbocycles. The van der Waals surface area contributed by atoms with Crippen LogP contribution in [0.1, 0.15) is 36.8 Å². The summed E-state index contributed by atoms with van der Waals surface area (Å²) in [4.78, 5) is 14.6. The smallest absolute Gasteiger partial charge is 0.134 e. The van der Waals surface area contributed by atoms with Gasteiger partial charge in [-0.3, -0.25) is 9.69 Å². The van der Waals surface area contributed by atoms with Crippen LogP contribution in [-0.2, 0) is 16.6 Å². The zero-order valence-corrected chi connectivity index (χ0v) is 15.0. The Bertz CT molecular complexity index is 694. The lowest BCUT2D eigenvalue weighted by molar-refractivity contribution is -0.170. The van der Waals surface area contributed by atoms with Gasteiger partial charge in [-0.1, -0.05) is 12.1 Å². The third kappa shape index (κ3) is 2.61. The van der Waals surface area contributed by atoms with Gasteiger partial charge in [0.15, 0.2) is 0 Å². The first-order valence-corrected chi connectivity index (χ1v) is 8.41. The van der Waals surface area contributed by atoms with Crippen molar-refractivity contribution >= 4 is 18.2 Å². The van der Waals surface area contributed by atoms with Crippen LogP contribution >= 0.6 is 12.4 Å². The van der Waals surface area contributed by atoms with Crippen LogP contribution in [-0.4, -0.2) is 51.1 Å². The molecule has 138 valence electrons. The molecule has 2 fully saturated rings. The van der Waals surface area contributed by atoms with E-state index in [-0.39, 0.29) is 35.5 Å². The molecule has 1 saturated carbocycles. The fourth-order valence-corrected chi connectivity index (χ4v) is 5.27. The average Bonchev–Trinajstić information content (AvgIpc) is 2.52. The van der Waals surface area contributed by atoms with Gasteiger partial charge in [-0.2, -0.15) is 0 Å². The summed E-state index contributed by atoms with van der Waals surface area (Å²) in [5.41, 5.74) is 0.698. The number of phenols is 1. The molecule has 4 N–H and O–H groups in total. The molecule has 1 saturated heterocycles. The van der Waals surface area contributed by atoms with Crippen molar-refractivity contribution in [1.82, 2.24) is 4.90 Å². The zero-order chi connectivity index (χ0) is 16.2. The minimum Gasteiger partial charge on any atom is -0.508 e. The summed E-state index contributed by atoms with van der Waals surface area (Å²) in [6.07, 6.45) is 4.74. The maximum absolute atomic E-state index is 12.3. The van der Waals surface area contributed by atoms with Crippen molar-refractivity contribution in [3.8, 4) is 5.75 Å². The molecule has 0 aromatic heterocycles. The molecular formula is C19H26ClNO4. The normalized spacial score (nSPS) is 33.3. The summed E-state index contributed by atoms with van der Waals surface area (Å²) in [5.74, 6) is 0.437. The molecule has 1 heterocycles. The van der Waals surface area contributed by atoms with Gasteiger partial charge in [0.05, 0.1) is 5.60 Å². The first kappa shape index (κ1) is 19.9. The largest absolute Gasteiger partial charge is 0.508 e. The topological polar surface area (TPSA) is 92.3 Å². The van der Waals surface area contributed by atoms with Gasteiger partial charge in [0.25, 0.3) is 0 Å². The molecule has 0 amide bonds. The number of halogens is 1. The number of phenolic OH excluding ortho intramolecular Hbond substituents is 1. The number of likely N-dealkylation sites (tertiary alicyclic amines) is 1. The first-order valence-electron chi connectivity index (χ1n) is 8.41. The van der Waals surface area contributed by atoms with Gasteiger partial charge in [0.2, 0.25) is 0 Å². The Morgan fingerprint density at radius 3 is 2.84 bits per heavy atom. The number of Topliss-reactive ketones (excluding diaryl/α,β-unsaturated/α-hetero) is 1. The number of aromatic hydroxyl groups is 1. The molecule has 2 bridgehead atoms.